The number of aliphatic hydroxyl groups excluding tert-OH is 1. The van der Waals surface area contributed by atoms with Crippen LogP contribution in [0.3, 0.4) is 0 Å². The summed E-state index contributed by atoms with van der Waals surface area (Å²) >= 11 is 0. The molecular weight excluding hydrogens is 280 g/mol. The summed E-state index contributed by atoms with van der Waals surface area (Å²) in [5.41, 5.74) is 0.771. The quantitative estimate of drug-likeness (QED) is 0.736. The van der Waals surface area contributed by atoms with E-state index < -0.39 is 5.43 Å². The van der Waals surface area contributed by atoms with Crippen molar-refractivity contribution in [3.63, 3.8) is 0 Å². The summed E-state index contributed by atoms with van der Waals surface area (Å²) in [5, 5.41) is 19.9. The van der Waals surface area contributed by atoms with Crippen molar-refractivity contribution in [2.75, 3.05) is 13.1 Å². The van der Waals surface area contributed by atoms with Gasteiger partial charge >= 0.3 is 0 Å². The third-order valence-corrected chi connectivity index (χ3v) is 4.25. The third-order valence-electron chi connectivity index (χ3n) is 4.25. The second-order valence-electron chi connectivity index (χ2n) is 5.80. The summed E-state index contributed by atoms with van der Waals surface area (Å²) in [5.74, 6) is -0.188. The van der Waals surface area contributed by atoms with Gasteiger partial charge < -0.3 is 14.8 Å². The summed E-state index contributed by atoms with van der Waals surface area (Å²) in [6.45, 7) is 10.4. The van der Waals surface area contributed by atoms with Gasteiger partial charge in [0.15, 0.2) is 5.75 Å². The van der Waals surface area contributed by atoms with Crippen LogP contribution in [0.1, 0.15) is 64.4 Å². The summed E-state index contributed by atoms with van der Waals surface area (Å²) < 4.78 is 1.92. The van der Waals surface area contributed by atoms with E-state index in [0.717, 1.165) is 32.4 Å². The molecular formula is C17H30N2O3. The van der Waals surface area contributed by atoms with Crippen molar-refractivity contribution in [3.8, 4) is 5.75 Å². The van der Waals surface area contributed by atoms with Gasteiger partial charge in [-0.05, 0) is 32.9 Å². The Balaban J connectivity index is 3.30. The monoisotopic (exact) mass is 310 g/mol. The number of aromatic nitrogens is 1. The number of nitrogens with zero attached hydrogens (tertiary/aromatic N) is 2. The minimum absolute atomic E-state index is 0.119. The highest BCUT2D eigenvalue weighted by Crippen LogP contribution is 2.23. The summed E-state index contributed by atoms with van der Waals surface area (Å²) in [4.78, 5) is 14.2. The number of unbranched alkanes of at least 4 members (excludes halogenated alkanes) is 1. The topological polar surface area (TPSA) is 65.7 Å². The first-order chi connectivity index (χ1) is 10.5. The van der Waals surface area contributed by atoms with Gasteiger partial charge in [0, 0.05) is 24.3 Å². The van der Waals surface area contributed by atoms with Crippen LogP contribution in [-0.2, 0) is 13.2 Å². The molecule has 0 aliphatic carbocycles. The van der Waals surface area contributed by atoms with Crippen molar-refractivity contribution in [1.29, 1.82) is 0 Å². The fourth-order valence-electron chi connectivity index (χ4n) is 2.67. The van der Waals surface area contributed by atoms with Crippen LogP contribution in [0.25, 0.3) is 0 Å². The maximum absolute atomic E-state index is 12.0. The molecule has 0 aromatic carbocycles. The Morgan fingerprint density at radius 2 is 2.00 bits per heavy atom. The smallest absolute Gasteiger partial charge is 0.223 e. The Morgan fingerprint density at radius 1 is 1.32 bits per heavy atom. The first-order valence-electron chi connectivity index (χ1n) is 8.29. The van der Waals surface area contributed by atoms with Gasteiger partial charge in [-0.3, -0.25) is 9.69 Å². The number of hydrogen-bond donors (Lipinski definition) is 2. The van der Waals surface area contributed by atoms with Crippen LogP contribution < -0.4 is 5.43 Å². The van der Waals surface area contributed by atoms with Crippen LogP contribution >= 0.6 is 0 Å². The molecule has 1 aromatic heterocycles. The Kier molecular flexibility index (Phi) is 7.62. The van der Waals surface area contributed by atoms with Crippen molar-refractivity contribution < 1.29 is 10.2 Å². The molecule has 126 valence electrons. The van der Waals surface area contributed by atoms with E-state index in [4.69, 9.17) is 0 Å². The van der Waals surface area contributed by atoms with Crippen LogP contribution in [-0.4, -0.2) is 32.8 Å². The molecule has 0 amide bonds. The molecule has 22 heavy (non-hydrogen) atoms. The molecule has 0 saturated heterocycles. The van der Waals surface area contributed by atoms with Crippen LogP contribution in [0.4, 0.5) is 0 Å². The van der Waals surface area contributed by atoms with E-state index in [-0.39, 0.29) is 18.4 Å². The Bertz CT molecular complexity index is 525. The fraction of sp³-hybridized carbons (Fsp3) is 0.706. The predicted molar refractivity (Wildman–Crippen MR) is 89.2 cm³/mol. The average molecular weight is 310 g/mol. The normalized spacial score (nSPS) is 12.8. The molecule has 1 rings (SSSR count). The van der Waals surface area contributed by atoms with Crippen molar-refractivity contribution >= 4 is 0 Å². The standard InChI is InChI=1S/C17H30N2O3/c1-5-8-9-18(7-3)11-15-17(22)16(21)10-14(12-20)19(15)13(4)6-2/h10,13,20,22H,5-9,11-12H2,1-4H3. The molecule has 2 N–H and O–H groups in total. The highest BCUT2D eigenvalue weighted by atomic mass is 16.3. The van der Waals surface area contributed by atoms with Crippen LogP contribution in [0.2, 0.25) is 0 Å². The van der Waals surface area contributed by atoms with Crippen molar-refractivity contribution in [2.24, 2.45) is 0 Å². The second kappa shape index (κ2) is 8.96. The summed E-state index contributed by atoms with van der Waals surface area (Å²) in [6, 6.07) is 1.46. The van der Waals surface area contributed by atoms with E-state index in [2.05, 4.69) is 25.7 Å². The first-order valence-corrected chi connectivity index (χ1v) is 8.29. The number of aromatic hydroxyl groups is 1. The van der Waals surface area contributed by atoms with Crippen molar-refractivity contribution in [3.05, 3.63) is 27.7 Å². The van der Waals surface area contributed by atoms with Gasteiger partial charge in [0.05, 0.1) is 12.3 Å². The molecule has 1 heterocycles. The van der Waals surface area contributed by atoms with Gasteiger partial charge in [-0.2, -0.15) is 0 Å². The second-order valence-corrected chi connectivity index (χ2v) is 5.80. The first kappa shape index (κ1) is 18.7. The van der Waals surface area contributed by atoms with Crippen LogP contribution in [0.5, 0.6) is 5.75 Å². The Labute approximate surface area is 133 Å². The van der Waals surface area contributed by atoms with E-state index in [1.165, 1.54) is 6.07 Å². The molecule has 1 unspecified atom stereocenters. The molecule has 0 radical (unpaired) electrons. The SMILES string of the molecule is CCCCN(CC)Cc1c(O)c(=O)cc(CO)n1C(C)CC. The van der Waals surface area contributed by atoms with Crippen molar-refractivity contribution in [1.82, 2.24) is 9.47 Å². The largest absolute Gasteiger partial charge is 0.503 e. The lowest BCUT2D eigenvalue weighted by atomic mass is 10.1. The molecule has 0 bridgehead atoms. The zero-order chi connectivity index (χ0) is 16.7. The predicted octanol–water partition coefficient (Wildman–Crippen LogP) is 2.64. The molecule has 1 atom stereocenters. The fourth-order valence-corrected chi connectivity index (χ4v) is 2.67. The van der Waals surface area contributed by atoms with E-state index in [1.54, 1.807) is 0 Å². The van der Waals surface area contributed by atoms with E-state index in [9.17, 15) is 15.0 Å². The number of aliphatic hydroxyl groups is 1. The minimum atomic E-state index is -0.412. The number of pyridine rings is 1. The van der Waals surface area contributed by atoms with Crippen LogP contribution in [0, 0.1) is 0 Å². The maximum atomic E-state index is 12.0. The van der Waals surface area contributed by atoms with Gasteiger partial charge in [-0.25, -0.2) is 0 Å². The zero-order valence-electron chi connectivity index (χ0n) is 14.3. The molecule has 0 aliphatic rings. The van der Waals surface area contributed by atoms with Gasteiger partial charge in [-0.1, -0.05) is 27.2 Å². The summed E-state index contributed by atoms with van der Waals surface area (Å²) in [7, 11) is 0. The molecule has 5 nitrogen and oxygen atoms in total. The number of rotatable bonds is 9. The zero-order valence-corrected chi connectivity index (χ0v) is 14.3. The number of hydrogen-bond acceptors (Lipinski definition) is 4. The van der Waals surface area contributed by atoms with E-state index >= 15 is 0 Å². The maximum Gasteiger partial charge on any atom is 0.223 e. The molecule has 1 aromatic rings. The van der Waals surface area contributed by atoms with Gasteiger partial charge in [0.1, 0.15) is 0 Å². The highest BCUT2D eigenvalue weighted by Gasteiger charge is 2.19. The molecule has 0 fully saturated rings. The minimum Gasteiger partial charge on any atom is -0.503 e. The molecule has 0 spiro atoms. The van der Waals surface area contributed by atoms with Gasteiger partial charge in [0.2, 0.25) is 5.43 Å². The van der Waals surface area contributed by atoms with E-state index in [0.29, 0.717) is 17.9 Å². The lowest BCUT2D eigenvalue weighted by molar-refractivity contribution is 0.242. The highest BCUT2D eigenvalue weighted by molar-refractivity contribution is 5.30. The Morgan fingerprint density at radius 3 is 2.50 bits per heavy atom. The lowest BCUT2D eigenvalue weighted by Gasteiger charge is -2.28. The average Bonchev–Trinajstić information content (AvgIpc) is 2.53. The molecule has 0 saturated carbocycles. The molecule has 0 aliphatic heterocycles. The Hall–Kier alpha value is -1.33. The lowest BCUT2D eigenvalue weighted by Crippen LogP contribution is -2.29. The third kappa shape index (κ3) is 4.34. The summed E-state index contributed by atoms with van der Waals surface area (Å²) in [6.07, 6.45) is 3.06. The van der Waals surface area contributed by atoms with Gasteiger partial charge in [0.25, 0.3) is 0 Å². The van der Waals surface area contributed by atoms with E-state index in [1.807, 2.05) is 11.5 Å². The molecule has 5 heteroatoms. The van der Waals surface area contributed by atoms with Gasteiger partial charge in [-0.15, -0.1) is 0 Å². The van der Waals surface area contributed by atoms with Crippen LogP contribution in [0.15, 0.2) is 10.9 Å². The van der Waals surface area contributed by atoms with Crippen molar-refractivity contribution in [2.45, 2.75) is 66.2 Å².